The molecule has 33 heavy (non-hydrogen) atoms. The maximum absolute atomic E-state index is 13.2. The molecule has 2 aromatic rings. The zero-order valence-corrected chi connectivity index (χ0v) is 20.0. The van der Waals surface area contributed by atoms with Gasteiger partial charge in [-0.2, -0.15) is 4.31 Å². The van der Waals surface area contributed by atoms with Gasteiger partial charge >= 0.3 is 0 Å². The zero-order chi connectivity index (χ0) is 23.3. The maximum atomic E-state index is 13.2. The third-order valence-electron chi connectivity index (χ3n) is 6.44. The van der Waals surface area contributed by atoms with Gasteiger partial charge in [0.15, 0.2) is 0 Å². The van der Waals surface area contributed by atoms with Crippen molar-refractivity contribution in [2.45, 2.75) is 31.2 Å². The van der Waals surface area contributed by atoms with Crippen molar-refractivity contribution in [1.29, 1.82) is 0 Å². The van der Waals surface area contributed by atoms with Crippen molar-refractivity contribution in [2.75, 3.05) is 45.9 Å². The number of rotatable bonds is 7. The summed E-state index contributed by atoms with van der Waals surface area (Å²) in [6.45, 7) is 7.05. The molecule has 2 heterocycles. The van der Waals surface area contributed by atoms with Crippen LogP contribution in [-0.4, -0.2) is 74.3 Å². The van der Waals surface area contributed by atoms with E-state index in [0.717, 1.165) is 26.1 Å². The van der Waals surface area contributed by atoms with Crippen LogP contribution in [0.4, 0.5) is 0 Å². The molecular formula is C25H33N3O4S. The van der Waals surface area contributed by atoms with E-state index in [-0.39, 0.29) is 23.3 Å². The first kappa shape index (κ1) is 23.7. The fraction of sp³-hybridized carbons (Fsp3) is 0.480. The second kappa shape index (κ2) is 10.7. The normalized spacial score (nSPS) is 20.5. The van der Waals surface area contributed by atoms with Gasteiger partial charge in [0.25, 0.3) is 0 Å². The highest BCUT2D eigenvalue weighted by atomic mass is 32.2. The number of hydrogen-bond acceptors (Lipinski definition) is 5. The first-order valence-electron chi connectivity index (χ1n) is 11.8. The van der Waals surface area contributed by atoms with Gasteiger partial charge in [-0.05, 0) is 49.6 Å². The summed E-state index contributed by atoms with van der Waals surface area (Å²) < 4.78 is 33.2. The molecule has 7 nitrogen and oxygen atoms in total. The second-order valence-corrected chi connectivity index (χ2v) is 10.6. The molecule has 178 valence electrons. The van der Waals surface area contributed by atoms with Crippen LogP contribution in [0, 0.1) is 5.92 Å². The summed E-state index contributed by atoms with van der Waals surface area (Å²) in [6.07, 6.45) is 1.43. The van der Waals surface area contributed by atoms with Gasteiger partial charge in [0, 0.05) is 45.8 Å². The Hall–Kier alpha value is -2.42. The Bertz CT molecular complexity index is 1020. The highest BCUT2D eigenvalue weighted by Crippen LogP contribution is 2.26. The number of sulfonamides is 1. The Morgan fingerprint density at radius 2 is 1.67 bits per heavy atom. The average molecular weight is 472 g/mol. The predicted molar refractivity (Wildman–Crippen MR) is 127 cm³/mol. The minimum atomic E-state index is -3.64. The molecule has 0 aliphatic carbocycles. The number of piperidine rings is 1. The minimum absolute atomic E-state index is 0.0842. The van der Waals surface area contributed by atoms with Crippen LogP contribution in [0.5, 0.6) is 5.75 Å². The largest absolute Gasteiger partial charge is 0.494 e. The number of ether oxygens (including phenoxy) is 1. The van der Waals surface area contributed by atoms with Crippen LogP contribution in [-0.2, 0) is 21.4 Å². The van der Waals surface area contributed by atoms with Crippen molar-refractivity contribution in [1.82, 2.24) is 14.1 Å². The van der Waals surface area contributed by atoms with Crippen LogP contribution in [0.15, 0.2) is 59.5 Å². The number of benzene rings is 2. The molecule has 2 aromatic carbocycles. The Balaban J connectivity index is 1.33. The van der Waals surface area contributed by atoms with Crippen molar-refractivity contribution in [3.63, 3.8) is 0 Å². The van der Waals surface area contributed by atoms with Crippen LogP contribution in [0.25, 0.3) is 0 Å². The number of hydrogen-bond donors (Lipinski definition) is 0. The van der Waals surface area contributed by atoms with E-state index in [9.17, 15) is 13.2 Å². The fourth-order valence-electron chi connectivity index (χ4n) is 4.61. The molecule has 4 rings (SSSR count). The van der Waals surface area contributed by atoms with Crippen molar-refractivity contribution < 1.29 is 17.9 Å². The molecule has 0 unspecified atom stereocenters. The molecule has 0 bridgehead atoms. The van der Waals surface area contributed by atoms with Crippen molar-refractivity contribution in [3.8, 4) is 5.75 Å². The lowest BCUT2D eigenvalue weighted by atomic mass is 9.97. The smallest absolute Gasteiger partial charge is 0.243 e. The number of piperazine rings is 1. The van der Waals surface area contributed by atoms with Crippen molar-refractivity contribution >= 4 is 15.9 Å². The Morgan fingerprint density at radius 3 is 2.33 bits per heavy atom. The lowest BCUT2D eigenvalue weighted by molar-refractivity contribution is -0.138. The van der Waals surface area contributed by atoms with Gasteiger partial charge in [0.2, 0.25) is 15.9 Å². The number of carbonyl (C=O) groups excluding carboxylic acids is 1. The first-order valence-corrected chi connectivity index (χ1v) is 13.2. The lowest BCUT2D eigenvalue weighted by Crippen LogP contribution is -2.52. The molecule has 1 atom stereocenters. The molecule has 0 spiro atoms. The monoisotopic (exact) mass is 471 g/mol. The summed E-state index contributed by atoms with van der Waals surface area (Å²) in [5.74, 6) is 0.451. The van der Waals surface area contributed by atoms with Crippen molar-refractivity contribution in [2.24, 2.45) is 5.92 Å². The number of carbonyl (C=O) groups is 1. The van der Waals surface area contributed by atoms with Crippen LogP contribution in [0.2, 0.25) is 0 Å². The predicted octanol–water partition coefficient (Wildman–Crippen LogP) is 2.83. The molecule has 2 aliphatic rings. The molecule has 2 aliphatic heterocycles. The highest BCUT2D eigenvalue weighted by Gasteiger charge is 2.35. The maximum Gasteiger partial charge on any atom is 0.243 e. The molecular weight excluding hydrogens is 438 g/mol. The summed E-state index contributed by atoms with van der Waals surface area (Å²) in [5, 5.41) is 0. The Morgan fingerprint density at radius 1 is 0.970 bits per heavy atom. The summed E-state index contributed by atoms with van der Waals surface area (Å²) in [7, 11) is -3.64. The van der Waals surface area contributed by atoms with Gasteiger partial charge in [-0.3, -0.25) is 9.69 Å². The van der Waals surface area contributed by atoms with Gasteiger partial charge in [0.1, 0.15) is 5.75 Å². The zero-order valence-electron chi connectivity index (χ0n) is 19.2. The average Bonchev–Trinajstić information content (AvgIpc) is 2.85. The number of nitrogens with zero attached hydrogens (tertiary/aromatic N) is 3. The van der Waals surface area contributed by atoms with E-state index in [1.807, 2.05) is 30.0 Å². The van der Waals surface area contributed by atoms with Gasteiger partial charge < -0.3 is 9.64 Å². The SMILES string of the molecule is CCOc1ccc(S(=O)(=O)N2CCC[C@H](C(=O)N3CCN(Cc4ccccc4)CC3)C2)cc1. The summed E-state index contributed by atoms with van der Waals surface area (Å²) in [6, 6.07) is 16.9. The van der Waals surface area contributed by atoms with E-state index < -0.39 is 10.0 Å². The summed E-state index contributed by atoms with van der Waals surface area (Å²) >= 11 is 0. The first-order chi connectivity index (χ1) is 16.0. The van der Waals surface area contributed by atoms with Crippen LogP contribution in [0.3, 0.4) is 0 Å². The van der Waals surface area contributed by atoms with E-state index in [2.05, 4.69) is 17.0 Å². The Labute approximate surface area is 197 Å². The number of amides is 1. The lowest BCUT2D eigenvalue weighted by Gasteiger charge is -2.38. The van der Waals surface area contributed by atoms with Crippen LogP contribution in [0.1, 0.15) is 25.3 Å². The van der Waals surface area contributed by atoms with E-state index >= 15 is 0 Å². The van der Waals surface area contributed by atoms with E-state index in [0.29, 0.717) is 38.4 Å². The molecule has 0 aromatic heterocycles. The highest BCUT2D eigenvalue weighted by molar-refractivity contribution is 7.89. The second-order valence-electron chi connectivity index (χ2n) is 8.69. The van der Waals surface area contributed by atoms with Crippen LogP contribution < -0.4 is 4.74 Å². The van der Waals surface area contributed by atoms with Gasteiger partial charge in [0.05, 0.1) is 17.4 Å². The Kier molecular flexibility index (Phi) is 7.67. The molecule has 0 N–H and O–H groups in total. The standard InChI is InChI=1S/C25H33N3O4S/c1-2-32-23-10-12-24(13-11-23)33(30,31)28-14-6-9-22(20-28)25(29)27-17-15-26(16-18-27)19-21-7-4-3-5-8-21/h3-5,7-8,10-13,22H,2,6,9,14-20H2,1H3/t22-/m0/s1. The molecule has 8 heteroatoms. The van der Waals surface area contributed by atoms with Crippen molar-refractivity contribution in [3.05, 3.63) is 60.2 Å². The van der Waals surface area contributed by atoms with Gasteiger partial charge in [-0.25, -0.2) is 8.42 Å². The minimum Gasteiger partial charge on any atom is -0.494 e. The van der Waals surface area contributed by atoms with E-state index in [4.69, 9.17) is 4.74 Å². The summed E-state index contributed by atoms with van der Waals surface area (Å²) in [4.78, 5) is 17.7. The quantitative estimate of drug-likeness (QED) is 0.621. The molecule has 0 radical (unpaired) electrons. The van der Waals surface area contributed by atoms with Gasteiger partial charge in [-0.1, -0.05) is 30.3 Å². The van der Waals surface area contributed by atoms with Crippen LogP contribution >= 0.6 is 0 Å². The molecule has 2 saturated heterocycles. The fourth-order valence-corrected chi connectivity index (χ4v) is 6.14. The topological polar surface area (TPSA) is 70.2 Å². The van der Waals surface area contributed by atoms with E-state index in [1.54, 1.807) is 24.3 Å². The third kappa shape index (κ3) is 5.75. The molecule has 1 amide bonds. The van der Waals surface area contributed by atoms with Gasteiger partial charge in [-0.15, -0.1) is 0 Å². The third-order valence-corrected chi connectivity index (χ3v) is 8.32. The molecule has 0 saturated carbocycles. The van der Waals surface area contributed by atoms with E-state index in [1.165, 1.54) is 9.87 Å². The molecule has 2 fully saturated rings. The summed E-state index contributed by atoms with van der Waals surface area (Å²) in [5.41, 5.74) is 1.28.